The zero-order valence-corrected chi connectivity index (χ0v) is 20.7. The number of carbonyl (C=O) groups is 1. The van der Waals surface area contributed by atoms with Gasteiger partial charge in [0.05, 0.1) is 5.52 Å². The molecule has 0 unspecified atom stereocenters. The average Bonchev–Trinajstić information content (AvgIpc) is 3.24. The number of nitrogens with zero attached hydrogens (tertiary/aromatic N) is 1. The molecule has 0 radical (unpaired) electrons. The topological polar surface area (TPSA) is 67.2 Å². The molecule has 1 fully saturated rings. The lowest BCUT2D eigenvalue weighted by molar-refractivity contribution is 0.0898. The van der Waals surface area contributed by atoms with Crippen molar-refractivity contribution in [2.45, 2.75) is 83.7 Å². The van der Waals surface area contributed by atoms with Gasteiger partial charge in [0.2, 0.25) is 0 Å². The third-order valence-electron chi connectivity index (χ3n) is 7.07. The number of aromatic nitrogens is 1. The van der Waals surface area contributed by atoms with E-state index in [0.717, 1.165) is 61.1 Å². The summed E-state index contributed by atoms with van der Waals surface area (Å²) in [5.41, 5.74) is 5.66. The SMILES string of the molecule is Cc1ccc2nc(C(C)(C)C)cc(NC3CCC(NC(=O)c4cc5c(o4)C=CCC5)CC3)c2c1. The molecular formula is C29H35N3O2. The first kappa shape index (κ1) is 22.7. The Labute approximate surface area is 202 Å². The van der Waals surface area contributed by atoms with E-state index in [4.69, 9.17) is 9.40 Å². The Morgan fingerprint density at radius 3 is 2.56 bits per heavy atom. The van der Waals surface area contributed by atoms with Gasteiger partial charge in [0.25, 0.3) is 5.91 Å². The Balaban J connectivity index is 1.25. The van der Waals surface area contributed by atoms with Gasteiger partial charge in [0.15, 0.2) is 5.76 Å². The molecule has 0 aliphatic heterocycles. The zero-order chi connectivity index (χ0) is 23.9. The second kappa shape index (κ2) is 8.94. The van der Waals surface area contributed by atoms with Crippen molar-refractivity contribution in [1.82, 2.24) is 10.3 Å². The van der Waals surface area contributed by atoms with E-state index in [1.807, 2.05) is 12.1 Å². The highest BCUT2D eigenvalue weighted by atomic mass is 16.4. The first-order chi connectivity index (χ1) is 16.3. The fourth-order valence-electron chi connectivity index (χ4n) is 5.02. The molecule has 1 saturated carbocycles. The van der Waals surface area contributed by atoms with E-state index in [9.17, 15) is 4.79 Å². The molecule has 0 bridgehead atoms. The molecule has 178 valence electrons. The molecule has 0 saturated heterocycles. The predicted octanol–water partition coefficient (Wildman–Crippen LogP) is 6.55. The number of rotatable bonds is 4. The number of furan rings is 1. The smallest absolute Gasteiger partial charge is 0.287 e. The fourth-order valence-corrected chi connectivity index (χ4v) is 5.02. The van der Waals surface area contributed by atoms with Gasteiger partial charge in [-0.3, -0.25) is 9.78 Å². The molecule has 2 aliphatic rings. The number of carbonyl (C=O) groups excluding carboxylic acids is 1. The molecule has 2 heterocycles. The zero-order valence-electron chi connectivity index (χ0n) is 20.7. The highest BCUT2D eigenvalue weighted by Gasteiger charge is 2.26. The summed E-state index contributed by atoms with van der Waals surface area (Å²) in [6, 6.07) is 11.2. The van der Waals surface area contributed by atoms with Crippen LogP contribution < -0.4 is 10.6 Å². The van der Waals surface area contributed by atoms with Crippen molar-refractivity contribution in [1.29, 1.82) is 0 Å². The van der Waals surface area contributed by atoms with E-state index in [2.05, 4.69) is 68.7 Å². The highest BCUT2D eigenvalue weighted by Crippen LogP contribution is 2.32. The number of fused-ring (bicyclic) bond motifs is 2. The maximum atomic E-state index is 12.8. The molecule has 5 nitrogen and oxygen atoms in total. The van der Waals surface area contributed by atoms with Crippen LogP contribution in [-0.2, 0) is 11.8 Å². The summed E-state index contributed by atoms with van der Waals surface area (Å²) in [6.07, 6.45) is 9.97. The molecule has 3 aromatic rings. The standard InChI is InChI=1S/C29H35N3O2/c1-18-9-14-23-22(15-18)24(17-27(32-23)29(2,3)4)30-20-10-12-21(13-11-20)31-28(33)26-16-19-7-5-6-8-25(19)34-26/h6,8-9,14-17,20-21H,5,7,10-13H2,1-4H3,(H,30,32)(H,31,33). The monoisotopic (exact) mass is 457 g/mol. The number of amides is 1. The summed E-state index contributed by atoms with van der Waals surface area (Å²) >= 11 is 0. The van der Waals surface area contributed by atoms with Gasteiger partial charge in [-0.2, -0.15) is 0 Å². The second-order valence-electron chi connectivity index (χ2n) is 10.9. The minimum Gasteiger partial charge on any atom is -0.451 e. The van der Waals surface area contributed by atoms with Crippen molar-refractivity contribution in [3.05, 3.63) is 64.7 Å². The number of anilines is 1. The molecule has 0 spiro atoms. The van der Waals surface area contributed by atoms with Crippen LogP contribution in [0.15, 0.2) is 40.8 Å². The molecule has 5 heteroatoms. The van der Waals surface area contributed by atoms with Gasteiger partial charge in [-0.1, -0.05) is 38.5 Å². The summed E-state index contributed by atoms with van der Waals surface area (Å²) in [7, 11) is 0. The number of pyridine rings is 1. The first-order valence-corrected chi connectivity index (χ1v) is 12.5. The van der Waals surface area contributed by atoms with E-state index in [-0.39, 0.29) is 17.4 Å². The van der Waals surface area contributed by atoms with Gasteiger partial charge in [-0.05, 0) is 81.4 Å². The number of nitrogens with one attached hydrogen (secondary N) is 2. The van der Waals surface area contributed by atoms with Gasteiger partial charge >= 0.3 is 0 Å². The largest absolute Gasteiger partial charge is 0.451 e. The molecular weight excluding hydrogens is 422 g/mol. The molecule has 1 amide bonds. The Morgan fingerprint density at radius 2 is 1.82 bits per heavy atom. The van der Waals surface area contributed by atoms with Crippen molar-refractivity contribution < 1.29 is 9.21 Å². The Bertz CT molecular complexity index is 1240. The average molecular weight is 458 g/mol. The third kappa shape index (κ3) is 4.75. The maximum Gasteiger partial charge on any atom is 0.287 e. The third-order valence-corrected chi connectivity index (χ3v) is 7.07. The van der Waals surface area contributed by atoms with Crippen molar-refractivity contribution in [3.8, 4) is 0 Å². The molecule has 2 N–H and O–H groups in total. The van der Waals surface area contributed by atoms with Crippen molar-refractivity contribution in [3.63, 3.8) is 0 Å². The quantitative estimate of drug-likeness (QED) is 0.466. The minimum absolute atomic E-state index is 0.0156. The Morgan fingerprint density at radius 1 is 1.06 bits per heavy atom. The van der Waals surface area contributed by atoms with Gasteiger partial charge in [-0.15, -0.1) is 0 Å². The molecule has 1 aromatic carbocycles. The minimum atomic E-state index is -0.0929. The van der Waals surface area contributed by atoms with Crippen molar-refractivity contribution in [2.75, 3.05) is 5.32 Å². The first-order valence-electron chi connectivity index (χ1n) is 12.5. The van der Waals surface area contributed by atoms with E-state index < -0.39 is 0 Å². The maximum absolute atomic E-state index is 12.8. The summed E-state index contributed by atoms with van der Waals surface area (Å²) in [5, 5.41) is 8.20. The summed E-state index contributed by atoms with van der Waals surface area (Å²) < 4.78 is 5.78. The lowest BCUT2D eigenvalue weighted by atomic mass is 9.89. The molecule has 0 atom stereocenters. The summed E-state index contributed by atoms with van der Waals surface area (Å²) in [6.45, 7) is 8.75. The normalized spacial score (nSPS) is 20.2. The van der Waals surface area contributed by atoms with E-state index in [1.54, 1.807) is 0 Å². The van der Waals surface area contributed by atoms with Crippen LogP contribution in [-0.4, -0.2) is 23.0 Å². The van der Waals surface area contributed by atoms with Gasteiger partial charge < -0.3 is 15.1 Å². The summed E-state index contributed by atoms with van der Waals surface area (Å²) in [5.74, 6) is 1.17. The molecule has 5 rings (SSSR count). The van der Waals surface area contributed by atoms with Crippen LogP contribution in [0.5, 0.6) is 0 Å². The van der Waals surface area contributed by atoms with Crippen LogP contribution in [0.1, 0.15) is 86.0 Å². The molecule has 34 heavy (non-hydrogen) atoms. The van der Waals surface area contributed by atoms with Crippen LogP contribution in [0, 0.1) is 6.92 Å². The number of benzene rings is 1. The number of hydrogen-bond donors (Lipinski definition) is 2. The number of hydrogen-bond acceptors (Lipinski definition) is 4. The van der Waals surface area contributed by atoms with Gasteiger partial charge in [0, 0.05) is 34.3 Å². The van der Waals surface area contributed by atoms with Crippen LogP contribution in [0.4, 0.5) is 5.69 Å². The van der Waals surface area contributed by atoms with Crippen LogP contribution >= 0.6 is 0 Å². The lowest BCUT2D eigenvalue weighted by Gasteiger charge is -2.31. The Hall–Kier alpha value is -3.08. The predicted molar refractivity (Wildman–Crippen MR) is 138 cm³/mol. The fraction of sp³-hybridized carbons (Fsp3) is 0.448. The second-order valence-corrected chi connectivity index (χ2v) is 10.9. The number of aryl methyl sites for hydroxylation is 2. The Kier molecular flexibility index (Phi) is 5.97. The van der Waals surface area contributed by atoms with Gasteiger partial charge in [0.1, 0.15) is 5.76 Å². The van der Waals surface area contributed by atoms with E-state index >= 15 is 0 Å². The van der Waals surface area contributed by atoms with E-state index in [1.165, 1.54) is 16.6 Å². The molecule has 2 aliphatic carbocycles. The van der Waals surface area contributed by atoms with Crippen LogP contribution in [0.3, 0.4) is 0 Å². The van der Waals surface area contributed by atoms with Crippen molar-refractivity contribution >= 4 is 28.6 Å². The van der Waals surface area contributed by atoms with E-state index in [0.29, 0.717) is 11.8 Å². The molecule has 2 aromatic heterocycles. The van der Waals surface area contributed by atoms with Crippen LogP contribution in [0.25, 0.3) is 17.0 Å². The number of allylic oxidation sites excluding steroid dienone is 1. The van der Waals surface area contributed by atoms with Crippen molar-refractivity contribution in [2.24, 2.45) is 0 Å². The summed E-state index contributed by atoms with van der Waals surface area (Å²) in [4.78, 5) is 17.7. The lowest BCUT2D eigenvalue weighted by Crippen LogP contribution is -2.40. The van der Waals surface area contributed by atoms with Crippen LogP contribution in [0.2, 0.25) is 0 Å². The van der Waals surface area contributed by atoms with Gasteiger partial charge in [-0.25, -0.2) is 0 Å². The highest BCUT2D eigenvalue weighted by molar-refractivity contribution is 5.93.